The molecular formula is C19H22FNO. The highest BCUT2D eigenvalue weighted by Crippen LogP contribution is 2.22. The molecule has 0 spiro atoms. The van der Waals surface area contributed by atoms with Crippen molar-refractivity contribution < 1.29 is 9.13 Å². The Labute approximate surface area is 131 Å². The zero-order valence-electron chi connectivity index (χ0n) is 12.7. The molecule has 0 bridgehead atoms. The van der Waals surface area contributed by atoms with Gasteiger partial charge in [-0.1, -0.05) is 49.2 Å². The molecule has 2 aromatic rings. The van der Waals surface area contributed by atoms with Crippen molar-refractivity contribution in [1.82, 2.24) is 5.32 Å². The molecule has 3 heteroatoms. The van der Waals surface area contributed by atoms with Crippen LogP contribution in [0.4, 0.5) is 4.39 Å². The minimum Gasteiger partial charge on any atom is -0.488 e. The second-order valence-corrected chi connectivity index (χ2v) is 5.85. The van der Waals surface area contributed by atoms with Gasteiger partial charge < -0.3 is 10.1 Å². The summed E-state index contributed by atoms with van der Waals surface area (Å²) in [4.78, 5) is 0. The molecule has 0 aromatic heterocycles. The fraction of sp³-hybridized carbons (Fsp3) is 0.368. The SMILES string of the molecule is Fc1ccccc1COc1ccccc1CNC1CCCC1. The van der Waals surface area contributed by atoms with E-state index in [0.29, 0.717) is 11.6 Å². The van der Waals surface area contributed by atoms with Crippen LogP contribution in [0.25, 0.3) is 0 Å². The number of halogens is 1. The summed E-state index contributed by atoms with van der Waals surface area (Å²) in [5, 5.41) is 3.59. The number of benzene rings is 2. The van der Waals surface area contributed by atoms with Gasteiger partial charge in [0.2, 0.25) is 0 Å². The van der Waals surface area contributed by atoms with Crippen molar-refractivity contribution in [3.63, 3.8) is 0 Å². The van der Waals surface area contributed by atoms with Gasteiger partial charge in [-0.15, -0.1) is 0 Å². The third-order valence-corrected chi connectivity index (χ3v) is 4.25. The Morgan fingerprint density at radius 3 is 2.41 bits per heavy atom. The number of rotatable bonds is 6. The molecule has 0 aliphatic heterocycles. The van der Waals surface area contributed by atoms with E-state index in [0.717, 1.165) is 17.9 Å². The van der Waals surface area contributed by atoms with Gasteiger partial charge in [0.05, 0.1) is 0 Å². The Hall–Kier alpha value is -1.87. The van der Waals surface area contributed by atoms with Crippen LogP contribution in [0.15, 0.2) is 48.5 Å². The van der Waals surface area contributed by atoms with Crippen LogP contribution >= 0.6 is 0 Å². The third-order valence-electron chi connectivity index (χ3n) is 4.25. The molecule has 1 aliphatic carbocycles. The van der Waals surface area contributed by atoms with Gasteiger partial charge in [0.1, 0.15) is 18.2 Å². The first kappa shape index (κ1) is 15.0. The van der Waals surface area contributed by atoms with Gasteiger partial charge in [0, 0.05) is 23.7 Å². The second-order valence-electron chi connectivity index (χ2n) is 5.85. The van der Waals surface area contributed by atoms with Crippen molar-refractivity contribution in [3.8, 4) is 5.75 Å². The lowest BCUT2D eigenvalue weighted by Gasteiger charge is -2.15. The Bertz CT molecular complexity index is 608. The first-order valence-electron chi connectivity index (χ1n) is 8.00. The normalized spacial score (nSPS) is 15.1. The summed E-state index contributed by atoms with van der Waals surface area (Å²) >= 11 is 0. The lowest BCUT2D eigenvalue weighted by atomic mass is 10.1. The van der Waals surface area contributed by atoms with Gasteiger partial charge in [0.15, 0.2) is 0 Å². The lowest BCUT2D eigenvalue weighted by Crippen LogP contribution is -2.25. The van der Waals surface area contributed by atoms with E-state index in [1.165, 1.54) is 31.7 Å². The quantitative estimate of drug-likeness (QED) is 0.851. The minimum absolute atomic E-state index is 0.218. The van der Waals surface area contributed by atoms with Gasteiger partial charge in [-0.25, -0.2) is 4.39 Å². The van der Waals surface area contributed by atoms with Gasteiger partial charge in [0.25, 0.3) is 0 Å². The average Bonchev–Trinajstić information content (AvgIpc) is 3.06. The second kappa shape index (κ2) is 7.41. The van der Waals surface area contributed by atoms with Crippen molar-refractivity contribution in [2.24, 2.45) is 0 Å². The number of hydrogen-bond donors (Lipinski definition) is 1. The summed E-state index contributed by atoms with van der Waals surface area (Å²) in [5.74, 6) is 0.611. The minimum atomic E-state index is -0.218. The van der Waals surface area contributed by atoms with Crippen LogP contribution in [0.5, 0.6) is 5.75 Å². The maximum atomic E-state index is 13.7. The van der Waals surface area contributed by atoms with Crippen LogP contribution in [0.3, 0.4) is 0 Å². The summed E-state index contributed by atoms with van der Waals surface area (Å²) < 4.78 is 19.5. The molecule has 0 heterocycles. The van der Waals surface area contributed by atoms with E-state index in [1.54, 1.807) is 12.1 Å². The molecule has 1 fully saturated rings. The molecule has 0 radical (unpaired) electrons. The molecule has 1 aliphatic rings. The number of ether oxygens (including phenoxy) is 1. The zero-order valence-corrected chi connectivity index (χ0v) is 12.7. The van der Waals surface area contributed by atoms with Crippen molar-refractivity contribution in [2.45, 2.75) is 44.9 Å². The van der Waals surface area contributed by atoms with Crippen LogP contribution in [0, 0.1) is 5.82 Å². The molecule has 0 saturated heterocycles. The summed E-state index contributed by atoms with van der Waals surface area (Å²) in [6, 6.07) is 15.4. The summed E-state index contributed by atoms with van der Waals surface area (Å²) in [6.45, 7) is 1.06. The standard InChI is InChI=1S/C19H22FNO/c20-18-11-5-1-8-16(18)14-22-19-12-6-2-7-15(19)13-21-17-9-3-4-10-17/h1-2,5-8,11-12,17,21H,3-4,9-10,13-14H2. The lowest BCUT2D eigenvalue weighted by molar-refractivity contribution is 0.295. The topological polar surface area (TPSA) is 21.3 Å². The number of hydrogen-bond acceptors (Lipinski definition) is 2. The van der Waals surface area contributed by atoms with Crippen molar-refractivity contribution >= 4 is 0 Å². The van der Waals surface area contributed by atoms with Crippen LogP contribution in [0.2, 0.25) is 0 Å². The molecule has 1 saturated carbocycles. The van der Waals surface area contributed by atoms with E-state index in [1.807, 2.05) is 24.3 Å². The summed E-state index contributed by atoms with van der Waals surface area (Å²) in [7, 11) is 0. The van der Waals surface area contributed by atoms with Gasteiger partial charge in [-0.2, -0.15) is 0 Å². The third kappa shape index (κ3) is 3.86. The first-order chi connectivity index (χ1) is 10.8. The van der Waals surface area contributed by atoms with Crippen LogP contribution in [0.1, 0.15) is 36.8 Å². The van der Waals surface area contributed by atoms with Crippen molar-refractivity contribution in [2.75, 3.05) is 0 Å². The van der Waals surface area contributed by atoms with Gasteiger partial charge in [-0.05, 0) is 25.0 Å². The Kier molecular flexibility index (Phi) is 5.07. The van der Waals surface area contributed by atoms with Gasteiger partial charge in [-0.3, -0.25) is 0 Å². The Morgan fingerprint density at radius 2 is 1.64 bits per heavy atom. The van der Waals surface area contributed by atoms with E-state index in [9.17, 15) is 4.39 Å². The maximum Gasteiger partial charge on any atom is 0.129 e. The molecule has 2 nitrogen and oxygen atoms in total. The number of nitrogens with one attached hydrogen (secondary N) is 1. The first-order valence-corrected chi connectivity index (χ1v) is 8.00. The smallest absolute Gasteiger partial charge is 0.129 e. The summed E-state index contributed by atoms with van der Waals surface area (Å²) in [6.07, 6.45) is 5.17. The largest absolute Gasteiger partial charge is 0.488 e. The fourth-order valence-electron chi connectivity index (χ4n) is 2.95. The molecule has 22 heavy (non-hydrogen) atoms. The molecular weight excluding hydrogens is 277 g/mol. The van der Waals surface area contributed by atoms with Crippen LogP contribution in [-0.2, 0) is 13.2 Å². The van der Waals surface area contributed by atoms with E-state index in [4.69, 9.17) is 4.74 Å². The predicted molar refractivity (Wildman–Crippen MR) is 86.3 cm³/mol. The van der Waals surface area contributed by atoms with E-state index in [2.05, 4.69) is 11.4 Å². The average molecular weight is 299 g/mol. The van der Waals surface area contributed by atoms with Crippen molar-refractivity contribution in [1.29, 1.82) is 0 Å². The van der Waals surface area contributed by atoms with Crippen molar-refractivity contribution in [3.05, 3.63) is 65.5 Å². The highest BCUT2D eigenvalue weighted by atomic mass is 19.1. The van der Waals surface area contributed by atoms with E-state index in [-0.39, 0.29) is 12.4 Å². The highest BCUT2D eigenvalue weighted by molar-refractivity contribution is 5.33. The van der Waals surface area contributed by atoms with Crippen LogP contribution < -0.4 is 10.1 Å². The molecule has 3 rings (SSSR count). The molecule has 1 N–H and O–H groups in total. The van der Waals surface area contributed by atoms with Gasteiger partial charge >= 0.3 is 0 Å². The molecule has 116 valence electrons. The fourth-order valence-corrected chi connectivity index (χ4v) is 2.95. The Morgan fingerprint density at radius 1 is 0.955 bits per heavy atom. The Balaban J connectivity index is 1.62. The van der Waals surface area contributed by atoms with E-state index < -0.39 is 0 Å². The molecule has 0 atom stereocenters. The van der Waals surface area contributed by atoms with E-state index >= 15 is 0 Å². The number of para-hydroxylation sites is 1. The summed E-state index contributed by atoms with van der Waals surface area (Å²) in [5.41, 5.74) is 1.71. The zero-order chi connectivity index (χ0) is 15.2. The molecule has 2 aromatic carbocycles. The van der Waals surface area contributed by atoms with Crippen LogP contribution in [-0.4, -0.2) is 6.04 Å². The molecule has 0 unspecified atom stereocenters. The monoisotopic (exact) mass is 299 g/mol. The maximum absolute atomic E-state index is 13.7. The molecule has 0 amide bonds. The predicted octanol–water partition coefficient (Wildman–Crippen LogP) is 4.44. The highest BCUT2D eigenvalue weighted by Gasteiger charge is 2.14.